The molecule has 0 aliphatic heterocycles. The molecule has 2 aromatic carbocycles. The number of ketones is 1. The largest absolute Gasteiger partial charge is 0.319 e. The number of thioether (sulfide) groups is 1. The number of nitrogens with zero attached hydrogens (tertiary/aromatic N) is 2. The normalized spacial score (nSPS) is 13.7. The van der Waals surface area contributed by atoms with Crippen LogP contribution in [0.25, 0.3) is 11.0 Å². The Morgan fingerprint density at radius 1 is 1.17 bits per heavy atom. The summed E-state index contributed by atoms with van der Waals surface area (Å²) in [4.78, 5) is 17.4. The van der Waals surface area contributed by atoms with Gasteiger partial charge in [0.25, 0.3) is 0 Å². The van der Waals surface area contributed by atoms with E-state index in [1.54, 1.807) is 6.07 Å². The number of aromatic nitrogens is 2. The fourth-order valence-corrected chi connectivity index (χ4v) is 5.24. The zero-order valence-corrected chi connectivity index (χ0v) is 17.9. The van der Waals surface area contributed by atoms with E-state index in [4.69, 9.17) is 5.14 Å². The van der Waals surface area contributed by atoms with Crippen molar-refractivity contribution in [2.24, 2.45) is 5.14 Å². The third kappa shape index (κ3) is 4.10. The number of rotatable bonds is 7. The molecule has 8 heteroatoms. The van der Waals surface area contributed by atoms with Crippen LogP contribution in [0.2, 0.25) is 0 Å². The van der Waals surface area contributed by atoms with Gasteiger partial charge in [-0.15, -0.1) is 0 Å². The minimum atomic E-state index is -3.79. The maximum Gasteiger partial charge on any atom is 0.238 e. The van der Waals surface area contributed by atoms with Gasteiger partial charge in [0.15, 0.2) is 10.9 Å². The molecule has 152 valence electrons. The zero-order chi connectivity index (χ0) is 20.6. The van der Waals surface area contributed by atoms with Gasteiger partial charge in [0.05, 0.1) is 21.7 Å². The first-order valence-corrected chi connectivity index (χ1v) is 12.2. The number of imidazole rings is 1. The highest BCUT2D eigenvalue weighted by atomic mass is 32.2. The lowest BCUT2D eigenvalue weighted by Crippen LogP contribution is -2.11. The van der Waals surface area contributed by atoms with Crippen molar-refractivity contribution in [3.63, 3.8) is 0 Å². The summed E-state index contributed by atoms with van der Waals surface area (Å²) < 4.78 is 25.3. The third-order valence-electron chi connectivity index (χ3n) is 5.21. The van der Waals surface area contributed by atoms with Gasteiger partial charge in [-0.05, 0) is 61.1 Å². The van der Waals surface area contributed by atoms with Gasteiger partial charge in [0.1, 0.15) is 0 Å². The Bertz CT molecular complexity index is 1200. The number of nitrogens with two attached hydrogens (primary N) is 1. The first-order valence-electron chi connectivity index (χ1n) is 9.67. The van der Waals surface area contributed by atoms with Crippen molar-refractivity contribution in [3.8, 4) is 0 Å². The molecule has 0 amide bonds. The predicted molar refractivity (Wildman–Crippen MR) is 115 cm³/mol. The molecule has 0 bridgehead atoms. The molecule has 6 nitrogen and oxygen atoms in total. The van der Waals surface area contributed by atoms with Gasteiger partial charge in [-0.25, -0.2) is 18.5 Å². The van der Waals surface area contributed by atoms with Gasteiger partial charge >= 0.3 is 0 Å². The van der Waals surface area contributed by atoms with E-state index in [2.05, 4.69) is 18.0 Å². The summed E-state index contributed by atoms with van der Waals surface area (Å²) >= 11 is 1.38. The number of primary sulfonamides is 1. The summed E-state index contributed by atoms with van der Waals surface area (Å²) in [7, 11) is -3.79. The van der Waals surface area contributed by atoms with Crippen LogP contribution in [0.4, 0.5) is 0 Å². The summed E-state index contributed by atoms with van der Waals surface area (Å²) in [6.45, 7) is 2.80. The molecule has 1 aliphatic rings. The first kappa shape index (κ1) is 20.1. The molecule has 1 aliphatic carbocycles. The molecule has 1 heterocycles. The summed E-state index contributed by atoms with van der Waals surface area (Å²) in [5.41, 5.74) is 4.79. The van der Waals surface area contributed by atoms with Crippen molar-refractivity contribution >= 4 is 38.6 Å². The molecular weight excluding hydrogens is 406 g/mol. The molecule has 0 spiro atoms. The Labute approximate surface area is 174 Å². The smallest absolute Gasteiger partial charge is 0.238 e. The standard InChI is InChI=1S/C21H23N3O3S2/c1-2-10-24-19-9-8-17(29(22,26)27)12-18(19)23-21(24)28-13-20(25)16-7-6-14-4-3-5-15(14)11-16/h6-9,11-12H,2-5,10,13H2,1H3,(H2,22,26,27). The minimum Gasteiger partial charge on any atom is -0.319 e. The van der Waals surface area contributed by atoms with E-state index in [-0.39, 0.29) is 16.4 Å². The van der Waals surface area contributed by atoms with Crippen LogP contribution < -0.4 is 5.14 Å². The zero-order valence-electron chi connectivity index (χ0n) is 16.2. The van der Waals surface area contributed by atoms with E-state index in [0.717, 1.165) is 43.3 Å². The lowest BCUT2D eigenvalue weighted by atomic mass is 10.0. The fraction of sp³-hybridized carbons (Fsp3) is 0.333. The van der Waals surface area contributed by atoms with Crippen LogP contribution in [-0.2, 0) is 29.4 Å². The minimum absolute atomic E-state index is 0.0388. The number of fused-ring (bicyclic) bond motifs is 2. The number of aryl methyl sites for hydroxylation is 3. The molecule has 0 fully saturated rings. The Balaban J connectivity index is 1.59. The molecular formula is C21H23N3O3S2. The number of benzene rings is 2. The van der Waals surface area contributed by atoms with Crippen LogP contribution >= 0.6 is 11.8 Å². The van der Waals surface area contributed by atoms with Crippen molar-refractivity contribution in [1.82, 2.24) is 9.55 Å². The highest BCUT2D eigenvalue weighted by Crippen LogP contribution is 2.28. The van der Waals surface area contributed by atoms with Gasteiger partial charge in [-0.2, -0.15) is 0 Å². The van der Waals surface area contributed by atoms with E-state index in [1.807, 2.05) is 16.7 Å². The van der Waals surface area contributed by atoms with Gasteiger partial charge in [-0.1, -0.05) is 30.8 Å². The Kier molecular flexibility index (Phi) is 5.50. The Hall–Kier alpha value is -2.16. The molecule has 0 atom stereocenters. The molecule has 1 aromatic heterocycles. The average Bonchev–Trinajstić information content (AvgIpc) is 3.29. The second-order valence-electron chi connectivity index (χ2n) is 7.29. The second-order valence-corrected chi connectivity index (χ2v) is 9.79. The van der Waals surface area contributed by atoms with Crippen molar-refractivity contribution in [3.05, 3.63) is 53.1 Å². The molecule has 4 rings (SSSR count). The fourth-order valence-electron chi connectivity index (χ4n) is 3.77. The first-order chi connectivity index (χ1) is 13.9. The lowest BCUT2D eigenvalue weighted by Gasteiger charge is -2.08. The summed E-state index contributed by atoms with van der Waals surface area (Å²) in [6, 6.07) is 10.7. The summed E-state index contributed by atoms with van der Waals surface area (Å²) in [6.07, 6.45) is 4.19. The molecule has 0 radical (unpaired) electrons. The molecule has 0 unspecified atom stereocenters. The number of hydrogen-bond acceptors (Lipinski definition) is 5. The van der Waals surface area contributed by atoms with Crippen LogP contribution in [0.1, 0.15) is 41.3 Å². The Morgan fingerprint density at radius 3 is 2.72 bits per heavy atom. The molecule has 0 saturated carbocycles. The number of carbonyl (C=O) groups excluding carboxylic acids is 1. The molecule has 2 N–H and O–H groups in total. The van der Waals surface area contributed by atoms with Crippen LogP contribution in [0.15, 0.2) is 46.5 Å². The third-order valence-corrected chi connectivity index (χ3v) is 7.10. The van der Waals surface area contributed by atoms with Crippen LogP contribution in [0.5, 0.6) is 0 Å². The van der Waals surface area contributed by atoms with E-state index in [0.29, 0.717) is 10.7 Å². The highest BCUT2D eigenvalue weighted by molar-refractivity contribution is 7.99. The number of carbonyl (C=O) groups is 1. The van der Waals surface area contributed by atoms with Gasteiger partial charge in [0, 0.05) is 12.1 Å². The average molecular weight is 430 g/mol. The monoisotopic (exact) mass is 429 g/mol. The van der Waals surface area contributed by atoms with Crippen molar-refractivity contribution in [1.29, 1.82) is 0 Å². The SMILES string of the molecule is CCCn1c(SCC(=O)c2ccc3c(c2)CCC3)nc2cc(S(N)(=O)=O)ccc21. The number of hydrogen-bond donors (Lipinski definition) is 1. The van der Waals surface area contributed by atoms with Crippen LogP contribution in [0.3, 0.4) is 0 Å². The summed E-state index contributed by atoms with van der Waals surface area (Å²) in [5.74, 6) is 0.360. The molecule has 29 heavy (non-hydrogen) atoms. The van der Waals surface area contributed by atoms with Crippen LogP contribution in [0, 0.1) is 0 Å². The predicted octanol–water partition coefficient (Wildman–Crippen LogP) is 3.56. The summed E-state index contributed by atoms with van der Waals surface area (Å²) in [5, 5.41) is 5.95. The van der Waals surface area contributed by atoms with Crippen molar-refractivity contribution in [2.45, 2.75) is 49.2 Å². The number of Topliss-reactive ketones (excluding diaryl/α,β-unsaturated/α-hetero) is 1. The molecule has 0 saturated heterocycles. The number of sulfonamides is 1. The van der Waals surface area contributed by atoms with Gasteiger partial charge in [0.2, 0.25) is 10.0 Å². The van der Waals surface area contributed by atoms with E-state index in [1.165, 1.54) is 35.0 Å². The quantitative estimate of drug-likeness (QED) is 0.458. The highest BCUT2D eigenvalue weighted by Gasteiger charge is 2.18. The van der Waals surface area contributed by atoms with Gasteiger partial charge in [-0.3, -0.25) is 4.79 Å². The van der Waals surface area contributed by atoms with E-state index in [9.17, 15) is 13.2 Å². The lowest BCUT2D eigenvalue weighted by molar-refractivity contribution is 0.102. The molecule has 3 aromatic rings. The van der Waals surface area contributed by atoms with Crippen molar-refractivity contribution in [2.75, 3.05) is 5.75 Å². The van der Waals surface area contributed by atoms with Gasteiger partial charge < -0.3 is 4.57 Å². The maximum absolute atomic E-state index is 12.7. The topological polar surface area (TPSA) is 95.0 Å². The van der Waals surface area contributed by atoms with E-state index < -0.39 is 10.0 Å². The van der Waals surface area contributed by atoms with Crippen LogP contribution in [-0.4, -0.2) is 29.5 Å². The maximum atomic E-state index is 12.7. The van der Waals surface area contributed by atoms with Crippen molar-refractivity contribution < 1.29 is 13.2 Å². The Morgan fingerprint density at radius 2 is 1.97 bits per heavy atom. The second kappa shape index (κ2) is 7.93. The van der Waals surface area contributed by atoms with E-state index >= 15 is 0 Å².